The summed E-state index contributed by atoms with van der Waals surface area (Å²) in [5.41, 5.74) is 0.241. The second-order valence-electron chi connectivity index (χ2n) is 6.78. The monoisotopic (exact) mass is 458 g/mol. The van der Waals surface area contributed by atoms with Crippen molar-refractivity contribution in [3.8, 4) is 5.75 Å². The third-order valence-electron chi connectivity index (χ3n) is 4.80. The van der Waals surface area contributed by atoms with Crippen molar-refractivity contribution in [1.82, 2.24) is 0 Å². The molecule has 3 aromatic rings. The second kappa shape index (κ2) is 8.39. The van der Waals surface area contributed by atoms with E-state index in [0.29, 0.717) is 5.75 Å². The molecule has 1 aliphatic rings. The van der Waals surface area contributed by atoms with Gasteiger partial charge in [0, 0.05) is 11.8 Å². The molecule has 2 amide bonds. The molecule has 0 unspecified atom stereocenters. The van der Waals surface area contributed by atoms with Crippen LogP contribution >= 0.6 is 11.6 Å². The number of rotatable bonds is 5. The molecule has 0 aromatic heterocycles. The number of hydrogen-bond donors (Lipinski definition) is 1. The van der Waals surface area contributed by atoms with Gasteiger partial charge in [0.15, 0.2) is 11.6 Å². The molecule has 5 nitrogen and oxygen atoms in total. The minimum atomic E-state index is -1.13. The Morgan fingerprint density at radius 1 is 0.875 bits per heavy atom. The Morgan fingerprint density at radius 3 is 2.22 bits per heavy atom. The van der Waals surface area contributed by atoms with Gasteiger partial charge >= 0.3 is 0 Å². The van der Waals surface area contributed by atoms with E-state index >= 15 is 0 Å². The number of halogens is 4. The minimum absolute atomic E-state index is 0.0503. The van der Waals surface area contributed by atoms with Crippen LogP contribution in [0.15, 0.2) is 66.4 Å². The lowest BCUT2D eigenvalue weighted by molar-refractivity contribution is -0.120. The second-order valence-corrected chi connectivity index (χ2v) is 7.18. The number of carbonyl (C=O) groups excluding carboxylic acids is 2. The van der Waals surface area contributed by atoms with Crippen molar-refractivity contribution in [1.29, 1.82) is 0 Å². The zero-order valence-electron chi connectivity index (χ0n) is 16.5. The summed E-state index contributed by atoms with van der Waals surface area (Å²) in [6.45, 7) is 0. The Labute approximate surface area is 185 Å². The fraction of sp³-hybridized carbons (Fsp3) is 0.0435. The SMILES string of the molecule is COc1ccc(N2C(=O)C(Nc3ccc(F)c(F)c3)=C(c3ccc(F)cc3)C2=O)cc1Cl. The van der Waals surface area contributed by atoms with Crippen molar-refractivity contribution in [2.75, 3.05) is 17.3 Å². The van der Waals surface area contributed by atoms with Gasteiger partial charge in [-0.25, -0.2) is 18.1 Å². The van der Waals surface area contributed by atoms with E-state index in [9.17, 15) is 22.8 Å². The van der Waals surface area contributed by atoms with Crippen LogP contribution in [-0.2, 0) is 9.59 Å². The number of carbonyl (C=O) groups is 2. The highest BCUT2D eigenvalue weighted by molar-refractivity contribution is 6.46. The van der Waals surface area contributed by atoms with Gasteiger partial charge in [0.2, 0.25) is 0 Å². The Hall–Kier alpha value is -3.78. The van der Waals surface area contributed by atoms with Gasteiger partial charge in [-0.05, 0) is 48.0 Å². The van der Waals surface area contributed by atoms with Crippen molar-refractivity contribution in [3.05, 3.63) is 94.4 Å². The lowest BCUT2D eigenvalue weighted by atomic mass is 10.0. The largest absolute Gasteiger partial charge is 0.495 e. The number of nitrogens with zero attached hydrogens (tertiary/aromatic N) is 1. The first-order valence-corrected chi connectivity index (χ1v) is 9.62. The summed E-state index contributed by atoms with van der Waals surface area (Å²) < 4.78 is 45.5. The lowest BCUT2D eigenvalue weighted by Crippen LogP contribution is -2.32. The predicted molar refractivity (Wildman–Crippen MR) is 114 cm³/mol. The molecule has 32 heavy (non-hydrogen) atoms. The maximum atomic E-state index is 13.7. The van der Waals surface area contributed by atoms with E-state index in [1.165, 1.54) is 43.5 Å². The van der Waals surface area contributed by atoms with Crippen LogP contribution in [0.25, 0.3) is 5.57 Å². The van der Waals surface area contributed by atoms with Crippen molar-refractivity contribution in [2.45, 2.75) is 0 Å². The van der Waals surface area contributed by atoms with Crippen LogP contribution in [0.1, 0.15) is 5.56 Å². The number of imide groups is 1. The number of amides is 2. The Kier molecular flexibility index (Phi) is 5.63. The van der Waals surface area contributed by atoms with Gasteiger partial charge in [0.05, 0.1) is 23.4 Å². The number of nitrogens with one attached hydrogen (secondary N) is 1. The first-order chi connectivity index (χ1) is 15.3. The normalized spacial score (nSPS) is 13.7. The predicted octanol–water partition coefficient (Wildman–Crippen LogP) is 5.16. The molecule has 0 fully saturated rings. The molecule has 3 aromatic carbocycles. The summed E-state index contributed by atoms with van der Waals surface area (Å²) in [6.07, 6.45) is 0. The van der Waals surface area contributed by atoms with Crippen LogP contribution in [0.3, 0.4) is 0 Å². The van der Waals surface area contributed by atoms with Crippen molar-refractivity contribution < 1.29 is 27.5 Å². The van der Waals surface area contributed by atoms with Gasteiger partial charge in [-0.2, -0.15) is 0 Å². The molecule has 0 saturated heterocycles. The highest BCUT2D eigenvalue weighted by atomic mass is 35.5. The summed E-state index contributed by atoms with van der Waals surface area (Å²) in [4.78, 5) is 27.4. The summed E-state index contributed by atoms with van der Waals surface area (Å²) in [6, 6.07) is 12.3. The van der Waals surface area contributed by atoms with E-state index in [2.05, 4.69) is 5.32 Å². The molecule has 4 rings (SSSR count). The van der Waals surface area contributed by atoms with Gasteiger partial charge in [-0.1, -0.05) is 23.7 Å². The van der Waals surface area contributed by atoms with E-state index in [0.717, 1.165) is 29.2 Å². The molecule has 1 heterocycles. The number of hydrogen-bond acceptors (Lipinski definition) is 4. The van der Waals surface area contributed by atoms with Gasteiger partial charge in [0.25, 0.3) is 11.8 Å². The number of benzene rings is 3. The van der Waals surface area contributed by atoms with E-state index in [1.807, 2.05) is 0 Å². The highest BCUT2D eigenvalue weighted by Gasteiger charge is 2.40. The molecule has 1 N–H and O–H groups in total. The lowest BCUT2D eigenvalue weighted by Gasteiger charge is -2.16. The smallest absolute Gasteiger partial charge is 0.282 e. The maximum Gasteiger partial charge on any atom is 0.282 e. The van der Waals surface area contributed by atoms with Crippen LogP contribution in [0.4, 0.5) is 24.5 Å². The molecular weight excluding hydrogens is 445 g/mol. The number of anilines is 2. The summed E-state index contributed by atoms with van der Waals surface area (Å²) in [5, 5.41) is 2.88. The van der Waals surface area contributed by atoms with E-state index in [1.54, 1.807) is 0 Å². The zero-order valence-corrected chi connectivity index (χ0v) is 17.2. The third kappa shape index (κ3) is 3.80. The van der Waals surface area contributed by atoms with Gasteiger partial charge in [-0.15, -0.1) is 0 Å². The molecule has 0 saturated carbocycles. The highest BCUT2D eigenvalue weighted by Crippen LogP contribution is 2.36. The van der Waals surface area contributed by atoms with Crippen LogP contribution in [0, 0.1) is 17.5 Å². The Bertz CT molecular complexity index is 1280. The molecule has 0 aliphatic carbocycles. The Morgan fingerprint density at radius 2 is 1.59 bits per heavy atom. The molecule has 0 spiro atoms. The molecule has 0 bridgehead atoms. The first-order valence-electron chi connectivity index (χ1n) is 9.24. The van der Waals surface area contributed by atoms with E-state index in [-0.39, 0.29) is 33.2 Å². The quantitative estimate of drug-likeness (QED) is 0.536. The van der Waals surface area contributed by atoms with E-state index in [4.69, 9.17) is 16.3 Å². The summed E-state index contributed by atoms with van der Waals surface area (Å²) >= 11 is 6.15. The maximum absolute atomic E-state index is 13.7. The average molecular weight is 459 g/mol. The zero-order chi connectivity index (χ0) is 23.0. The van der Waals surface area contributed by atoms with Crippen molar-refractivity contribution >= 4 is 40.4 Å². The van der Waals surface area contributed by atoms with E-state index < -0.39 is 29.3 Å². The fourth-order valence-electron chi connectivity index (χ4n) is 3.28. The molecule has 0 radical (unpaired) electrons. The Balaban J connectivity index is 1.81. The minimum Gasteiger partial charge on any atom is -0.495 e. The molecule has 9 heteroatoms. The van der Waals surface area contributed by atoms with Crippen LogP contribution in [0.5, 0.6) is 5.75 Å². The van der Waals surface area contributed by atoms with Gasteiger partial charge < -0.3 is 10.1 Å². The van der Waals surface area contributed by atoms with Crippen LogP contribution < -0.4 is 15.0 Å². The number of ether oxygens (including phenoxy) is 1. The first kappa shape index (κ1) is 21.5. The summed E-state index contributed by atoms with van der Waals surface area (Å²) in [7, 11) is 1.42. The molecule has 0 atom stereocenters. The topological polar surface area (TPSA) is 58.6 Å². The third-order valence-corrected chi connectivity index (χ3v) is 5.09. The van der Waals surface area contributed by atoms with Crippen molar-refractivity contribution in [2.24, 2.45) is 0 Å². The average Bonchev–Trinajstić information content (AvgIpc) is 3.01. The van der Waals surface area contributed by atoms with Crippen LogP contribution in [0.2, 0.25) is 5.02 Å². The molecular formula is C23H14ClF3N2O3. The molecule has 1 aliphatic heterocycles. The standard InChI is InChI=1S/C23H14ClF3N2O3/c1-32-19-9-7-15(11-16(19)24)29-22(30)20(12-2-4-13(25)5-3-12)21(23(29)31)28-14-6-8-17(26)18(27)10-14/h2-11,28H,1H3. The number of methoxy groups -OCH3 is 1. The summed E-state index contributed by atoms with van der Waals surface area (Å²) in [5.74, 6) is -3.82. The van der Waals surface area contributed by atoms with Crippen LogP contribution in [-0.4, -0.2) is 18.9 Å². The fourth-order valence-corrected chi connectivity index (χ4v) is 3.53. The van der Waals surface area contributed by atoms with Gasteiger partial charge in [-0.3, -0.25) is 9.59 Å². The van der Waals surface area contributed by atoms with Gasteiger partial charge in [0.1, 0.15) is 17.3 Å². The van der Waals surface area contributed by atoms with Crippen molar-refractivity contribution in [3.63, 3.8) is 0 Å². The molecule has 162 valence electrons.